The number of hydrazine groups is 1. The van der Waals surface area contributed by atoms with Crippen LogP contribution in [0.5, 0.6) is 5.75 Å². The van der Waals surface area contributed by atoms with Gasteiger partial charge in [-0.3, -0.25) is 9.36 Å². The Balaban J connectivity index is 1.84. The number of aryl methyl sites for hydroxylation is 1. The Kier molecular flexibility index (Phi) is 7.13. The molecule has 0 saturated heterocycles. The molecule has 0 radical (unpaired) electrons. The van der Waals surface area contributed by atoms with Crippen LogP contribution in [0.4, 0.5) is 24.7 Å². The minimum absolute atomic E-state index is 0.0868. The minimum atomic E-state index is -4.53. The van der Waals surface area contributed by atoms with E-state index in [1.165, 1.54) is 30.1 Å². The van der Waals surface area contributed by atoms with Gasteiger partial charge >= 0.3 is 6.18 Å². The second-order valence-corrected chi connectivity index (χ2v) is 6.73. The van der Waals surface area contributed by atoms with E-state index in [0.29, 0.717) is 24.5 Å². The Morgan fingerprint density at radius 2 is 2.03 bits per heavy atom. The molecule has 6 N–H and O–H groups in total. The molecule has 10 nitrogen and oxygen atoms in total. The summed E-state index contributed by atoms with van der Waals surface area (Å²) >= 11 is 0. The van der Waals surface area contributed by atoms with E-state index in [-0.39, 0.29) is 17.3 Å². The monoisotopic (exact) mass is 462 g/mol. The number of anilines is 2. The van der Waals surface area contributed by atoms with Crippen LogP contribution in [0.1, 0.15) is 17.5 Å². The number of hydrazone groups is 1. The first-order chi connectivity index (χ1) is 15.8. The van der Waals surface area contributed by atoms with Crippen molar-refractivity contribution in [2.24, 2.45) is 16.8 Å². The summed E-state index contributed by atoms with van der Waals surface area (Å²) in [5.74, 6) is 11.1. The standard InChI is InChI=1S/C20H21F3N8O2/c1-33-15-10-13(20(21,22)23)4-5-14(15)28-18-19(32)31(9-8-26-18)17-7-3-12(11-27-17)2-6-16(29-24)30-25/h3-5,7-11H,2,6,24-25H2,1H3,(H,26,28)(H,29,30). The topological polar surface area (TPSA) is 145 Å². The average molecular weight is 462 g/mol. The van der Waals surface area contributed by atoms with Gasteiger partial charge in [0.05, 0.1) is 18.4 Å². The highest BCUT2D eigenvalue weighted by Gasteiger charge is 2.31. The number of hydrogen-bond donors (Lipinski definition) is 4. The molecule has 0 aliphatic rings. The number of alkyl halides is 3. The summed E-state index contributed by atoms with van der Waals surface area (Å²) in [6, 6.07) is 6.32. The summed E-state index contributed by atoms with van der Waals surface area (Å²) < 4.78 is 45.1. The van der Waals surface area contributed by atoms with Crippen LogP contribution in [0.2, 0.25) is 0 Å². The van der Waals surface area contributed by atoms with E-state index in [0.717, 1.165) is 17.7 Å². The number of rotatable bonds is 7. The molecule has 2 aromatic heterocycles. The number of nitrogens with one attached hydrogen (secondary N) is 2. The number of hydrogen-bond acceptors (Lipinski definition) is 8. The van der Waals surface area contributed by atoms with Crippen LogP contribution in [0.25, 0.3) is 5.82 Å². The summed E-state index contributed by atoms with van der Waals surface area (Å²) in [5, 5.41) is 6.24. The Bertz CT molecular complexity index is 1190. The number of nitrogens with zero attached hydrogens (tertiary/aromatic N) is 4. The van der Waals surface area contributed by atoms with E-state index in [9.17, 15) is 18.0 Å². The minimum Gasteiger partial charge on any atom is -0.495 e. The average Bonchev–Trinajstić information content (AvgIpc) is 2.81. The third-order valence-electron chi connectivity index (χ3n) is 4.65. The summed E-state index contributed by atoms with van der Waals surface area (Å²) in [7, 11) is 1.23. The van der Waals surface area contributed by atoms with E-state index in [1.807, 2.05) is 0 Å². The Morgan fingerprint density at radius 1 is 1.24 bits per heavy atom. The lowest BCUT2D eigenvalue weighted by Crippen LogP contribution is -2.31. The van der Waals surface area contributed by atoms with Crippen LogP contribution >= 0.6 is 0 Å². The van der Waals surface area contributed by atoms with E-state index in [1.54, 1.807) is 18.3 Å². The zero-order chi connectivity index (χ0) is 24.0. The third kappa shape index (κ3) is 5.57. The molecule has 174 valence electrons. The maximum Gasteiger partial charge on any atom is 0.416 e. The van der Waals surface area contributed by atoms with Crippen LogP contribution in [-0.4, -0.2) is 27.5 Å². The summed E-state index contributed by atoms with van der Waals surface area (Å²) in [5.41, 5.74) is 1.99. The number of halogens is 3. The molecule has 0 aliphatic carbocycles. The first-order valence-electron chi connectivity index (χ1n) is 9.55. The predicted molar refractivity (Wildman–Crippen MR) is 116 cm³/mol. The highest BCUT2D eigenvalue weighted by molar-refractivity contribution is 5.81. The van der Waals surface area contributed by atoms with Crippen LogP contribution in [0, 0.1) is 0 Å². The van der Waals surface area contributed by atoms with E-state index in [2.05, 4.69) is 25.8 Å². The molecule has 0 spiro atoms. The van der Waals surface area contributed by atoms with E-state index < -0.39 is 17.3 Å². The number of ether oxygens (including phenoxy) is 1. The van der Waals surface area contributed by atoms with Gasteiger partial charge in [0.2, 0.25) is 0 Å². The van der Waals surface area contributed by atoms with Crippen molar-refractivity contribution in [3.05, 3.63) is 70.4 Å². The second kappa shape index (κ2) is 9.99. The summed E-state index contributed by atoms with van der Waals surface area (Å²) in [4.78, 5) is 21.2. The fraction of sp³-hybridized carbons (Fsp3) is 0.200. The number of aromatic nitrogens is 3. The van der Waals surface area contributed by atoms with Crippen molar-refractivity contribution in [3.63, 3.8) is 0 Å². The van der Waals surface area contributed by atoms with Gasteiger partial charge in [-0.05, 0) is 36.2 Å². The number of methoxy groups -OCH3 is 1. The van der Waals surface area contributed by atoms with Crippen LogP contribution in [0.3, 0.4) is 0 Å². The van der Waals surface area contributed by atoms with Gasteiger partial charge < -0.3 is 21.3 Å². The van der Waals surface area contributed by atoms with E-state index in [4.69, 9.17) is 16.4 Å². The van der Waals surface area contributed by atoms with Crippen molar-refractivity contribution < 1.29 is 17.9 Å². The molecular formula is C20H21F3N8O2. The van der Waals surface area contributed by atoms with Crippen LogP contribution in [0.15, 0.2) is 58.8 Å². The second-order valence-electron chi connectivity index (χ2n) is 6.73. The van der Waals surface area contributed by atoms with Crippen molar-refractivity contribution in [2.45, 2.75) is 19.0 Å². The maximum atomic E-state index is 13.0. The molecule has 1 aromatic carbocycles. The lowest BCUT2D eigenvalue weighted by molar-refractivity contribution is -0.137. The van der Waals surface area contributed by atoms with Crippen molar-refractivity contribution in [1.29, 1.82) is 0 Å². The van der Waals surface area contributed by atoms with Gasteiger partial charge in [0.15, 0.2) is 5.82 Å². The lowest BCUT2D eigenvalue weighted by Gasteiger charge is -2.14. The smallest absolute Gasteiger partial charge is 0.416 e. The molecule has 0 saturated carbocycles. The fourth-order valence-electron chi connectivity index (χ4n) is 2.92. The molecule has 2 heterocycles. The zero-order valence-corrected chi connectivity index (χ0v) is 17.4. The molecule has 0 bridgehead atoms. The molecular weight excluding hydrogens is 441 g/mol. The largest absolute Gasteiger partial charge is 0.495 e. The van der Waals surface area contributed by atoms with Crippen LogP contribution < -0.4 is 32.7 Å². The fourth-order valence-corrected chi connectivity index (χ4v) is 2.92. The summed E-state index contributed by atoms with van der Waals surface area (Å²) in [6.07, 6.45) is 0.912. The SMILES string of the molecule is COc1cc(C(F)(F)F)ccc1Nc1nccn(-c2ccc(CC/C(=N/N)NN)cn2)c1=O. The maximum absolute atomic E-state index is 13.0. The number of amidine groups is 1. The number of pyridine rings is 1. The first-order valence-corrected chi connectivity index (χ1v) is 9.55. The van der Waals surface area contributed by atoms with Crippen LogP contribution in [-0.2, 0) is 12.6 Å². The third-order valence-corrected chi connectivity index (χ3v) is 4.65. The van der Waals surface area contributed by atoms with Gasteiger partial charge in [0, 0.05) is 25.0 Å². The molecule has 3 rings (SSSR count). The highest BCUT2D eigenvalue weighted by atomic mass is 19.4. The van der Waals surface area contributed by atoms with E-state index >= 15 is 0 Å². The van der Waals surface area contributed by atoms with Gasteiger partial charge in [0.1, 0.15) is 17.4 Å². The first kappa shape index (κ1) is 23.5. The number of benzene rings is 1. The highest BCUT2D eigenvalue weighted by Crippen LogP contribution is 2.35. The molecule has 3 aromatic rings. The Morgan fingerprint density at radius 3 is 2.64 bits per heavy atom. The van der Waals surface area contributed by atoms with Gasteiger partial charge in [-0.1, -0.05) is 6.07 Å². The normalized spacial score (nSPS) is 11.8. The Labute approximate surface area is 186 Å². The molecule has 13 heteroatoms. The lowest BCUT2D eigenvalue weighted by atomic mass is 10.1. The summed E-state index contributed by atoms with van der Waals surface area (Å²) in [6.45, 7) is 0. The quantitative estimate of drug-likeness (QED) is 0.181. The van der Waals surface area contributed by atoms with Crippen molar-refractivity contribution in [3.8, 4) is 11.6 Å². The van der Waals surface area contributed by atoms with Crippen molar-refractivity contribution >= 4 is 17.3 Å². The van der Waals surface area contributed by atoms with Crippen molar-refractivity contribution in [1.82, 2.24) is 20.0 Å². The number of nitrogens with two attached hydrogens (primary N) is 2. The molecule has 0 fully saturated rings. The molecule has 0 atom stereocenters. The van der Waals surface area contributed by atoms with Gasteiger partial charge in [-0.15, -0.1) is 0 Å². The predicted octanol–water partition coefficient (Wildman–Crippen LogP) is 2.07. The van der Waals surface area contributed by atoms with Gasteiger partial charge in [-0.25, -0.2) is 15.8 Å². The Hall–Kier alpha value is -4.13. The molecule has 0 aliphatic heterocycles. The van der Waals surface area contributed by atoms with Crippen molar-refractivity contribution in [2.75, 3.05) is 12.4 Å². The molecule has 0 unspecified atom stereocenters. The zero-order valence-electron chi connectivity index (χ0n) is 17.4. The molecule has 33 heavy (non-hydrogen) atoms. The van der Waals surface area contributed by atoms with Gasteiger partial charge in [-0.2, -0.15) is 18.3 Å². The van der Waals surface area contributed by atoms with Gasteiger partial charge in [0.25, 0.3) is 5.56 Å². The molecule has 0 amide bonds.